The van der Waals surface area contributed by atoms with Crippen LogP contribution in [0.3, 0.4) is 0 Å². The molecule has 0 saturated heterocycles. The van der Waals surface area contributed by atoms with Crippen molar-refractivity contribution < 1.29 is 9.53 Å². The van der Waals surface area contributed by atoms with E-state index >= 15 is 0 Å². The van der Waals surface area contributed by atoms with Crippen LogP contribution in [-0.4, -0.2) is 17.3 Å². The van der Waals surface area contributed by atoms with Gasteiger partial charge in [0.2, 0.25) is 0 Å². The molecule has 0 aliphatic carbocycles. The van der Waals surface area contributed by atoms with Crippen LogP contribution in [0.2, 0.25) is 0 Å². The molecule has 5 heteroatoms. The third kappa shape index (κ3) is 3.47. The van der Waals surface area contributed by atoms with Crippen LogP contribution in [-0.2, 0) is 11.3 Å². The lowest BCUT2D eigenvalue weighted by molar-refractivity contribution is 0.0515. The van der Waals surface area contributed by atoms with Gasteiger partial charge in [-0.1, -0.05) is 24.3 Å². The van der Waals surface area contributed by atoms with E-state index < -0.39 is 0 Å². The van der Waals surface area contributed by atoms with Gasteiger partial charge in [0.25, 0.3) is 0 Å². The molecule has 1 aromatic carbocycles. The lowest BCUT2D eigenvalue weighted by atomic mass is 9.97. The number of esters is 1. The number of nitrogens with zero attached hydrogens (tertiary/aromatic N) is 2. The Hall–Kier alpha value is -2.74. The Morgan fingerprint density at radius 3 is 2.86 bits per heavy atom. The third-order valence-electron chi connectivity index (χ3n) is 3.39. The van der Waals surface area contributed by atoms with Gasteiger partial charge in [-0.2, -0.15) is 5.26 Å². The topological polar surface area (TPSA) is 67.0 Å². The Morgan fingerprint density at radius 1 is 1.36 bits per heavy atom. The number of aromatic nitrogens is 1. The van der Waals surface area contributed by atoms with Crippen molar-refractivity contribution in [1.29, 1.82) is 5.26 Å². The van der Waals surface area contributed by atoms with Crippen LogP contribution in [0.15, 0.2) is 42.6 Å². The molecule has 1 atom stereocenters. The predicted molar refractivity (Wildman–Crippen MR) is 83.9 cm³/mol. The molecular formula is C17H19N3O2. The van der Waals surface area contributed by atoms with Crippen molar-refractivity contribution in [2.45, 2.75) is 26.3 Å². The molecule has 0 saturated carbocycles. The average Bonchev–Trinajstić information content (AvgIpc) is 3.01. The molecule has 0 aliphatic heterocycles. The number of benzene rings is 1. The fourth-order valence-corrected chi connectivity index (χ4v) is 2.25. The number of hydrogen-bond acceptors (Lipinski definition) is 4. The quantitative estimate of drug-likeness (QED) is 0.832. The van der Waals surface area contributed by atoms with E-state index in [1.54, 1.807) is 29.9 Å². The van der Waals surface area contributed by atoms with E-state index in [1.165, 1.54) is 0 Å². The number of nitrogens with one attached hydrogen (secondary N) is 1. The summed E-state index contributed by atoms with van der Waals surface area (Å²) < 4.78 is 6.66. The zero-order chi connectivity index (χ0) is 15.9. The molecule has 2 rings (SSSR count). The van der Waals surface area contributed by atoms with Gasteiger partial charge in [0.05, 0.1) is 25.1 Å². The molecule has 1 unspecified atom stereocenters. The molecule has 5 nitrogen and oxygen atoms in total. The summed E-state index contributed by atoms with van der Waals surface area (Å²) >= 11 is 0. The summed E-state index contributed by atoms with van der Waals surface area (Å²) in [6.07, 6.45) is 1.77. The lowest BCUT2D eigenvalue weighted by Gasteiger charge is -2.15. The minimum Gasteiger partial charge on any atom is -0.461 e. The average molecular weight is 297 g/mol. The first-order valence-electron chi connectivity index (χ1n) is 7.23. The largest absolute Gasteiger partial charge is 0.461 e. The monoisotopic (exact) mass is 297 g/mol. The second-order valence-electron chi connectivity index (χ2n) is 4.87. The van der Waals surface area contributed by atoms with Gasteiger partial charge in [0.1, 0.15) is 5.69 Å². The van der Waals surface area contributed by atoms with Crippen LogP contribution >= 0.6 is 0 Å². The number of rotatable bonds is 6. The van der Waals surface area contributed by atoms with Crippen LogP contribution in [0.4, 0.5) is 0 Å². The van der Waals surface area contributed by atoms with E-state index in [-0.39, 0.29) is 11.9 Å². The van der Waals surface area contributed by atoms with E-state index in [9.17, 15) is 4.79 Å². The van der Waals surface area contributed by atoms with Crippen molar-refractivity contribution in [1.82, 2.24) is 4.68 Å². The molecule has 22 heavy (non-hydrogen) atoms. The smallest absolute Gasteiger partial charge is 0.356 e. The molecule has 0 bridgehead atoms. The van der Waals surface area contributed by atoms with Gasteiger partial charge in [-0.3, -0.25) is 4.68 Å². The van der Waals surface area contributed by atoms with Crippen molar-refractivity contribution in [3.8, 4) is 6.07 Å². The summed E-state index contributed by atoms with van der Waals surface area (Å²) in [5.74, 6) is -0.536. The number of carbonyl (C=O) groups is 1. The Bertz CT molecular complexity index is 685. The highest BCUT2D eigenvalue weighted by Gasteiger charge is 2.13. The zero-order valence-corrected chi connectivity index (χ0v) is 12.7. The van der Waals surface area contributed by atoms with Crippen LogP contribution in [0.25, 0.3) is 0 Å². The minimum absolute atomic E-state index is 0.174. The summed E-state index contributed by atoms with van der Waals surface area (Å²) in [7, 11) is 0. The highest BCUT2D eigenvalue weighted by atomic mass is 16.5. The van der Waals surface area contributed by atoms with Gasteiger partial charge < -0.3 is 10.2 Å². The summed E-state index contributed by atoms with van der Waals surface area (Å²) in [6, 6.07) is 13.5. The maximum atomic E-state index is 11.8. The van der Waals surface area contributed by atoms with Crippen molar-refractivity contribution in [2.24, 2.45) is 0 Å². The first kappa shape index (κ1) is 15.6. The molecule has 1 aromatic heterocycles. The van der Waals surface area contributed by atoms with Gasteiger partial charge in [0, 0.05) is 6.20 Å². The van der Waals surface area contributed by atoms with Crippen LogP contribution in [0.1, 0.15) is 41.4 Å². The second-order valence-corrected chi connectivity index (χ2v) is 4.87. The SMILES string of the molecule is CCOC(=O)c1cccn1NCc1ccccc1C(C)C#N. The Balaban J connectivity index is 2.14. The lowest BCUT2D eigenvalue weighted by Crippen LogP contribution is -2.20. The normalized spacial score (nSPS) is 11.5. The first-order valence-corrected chi connectivity index (χ1v) is 7.23. The third-order valence-corrected chi connectivity index (χ3v) is 3.39. The van der Waals surface area contributed by atoms with Gasteiger partial charge in [-0.05, 0) is 37.1 Å². The van der Waals surface area contributed by atoms with Gasteiger partial charge in [-0.15, -0.1) is 0 Å². The van der Waals surface area contributed by atoms with E-state index in [0.717, 1.165) is 11.1 Å². The highest BCUT2D eigenvalue weighted by molar-refractivity contribution is 5.87. The van der Waals surface area contributed by atoms with Gasteiger partial charge in [0.15, 0.2) is 0 Å². The van der Waals surface area contributed by atoms with Crippen molar-refractivity contribution in [2.75, 3.05) is 12.0 Å². The molecule has 114 valence electrons. The first-order chi connectivity index (χ1) is 10.7. The van der Waals surface area contributed by atoms with Crippen molar-refractivity contribution in [3.05, 3.63) is 59.4 Å². The maximum Gasteiger partial charge on any atom is 0.356 e. The Kier molecular flexibility index (Phi) is 5.21. The molecule has 0 spiro atoms. The van der Waals surface area contributed by atoms with E-state index in [2.05, 4.69) is 11.5 Å². The standard InChI is InChI=1S/C17H19N3O2/c1-3-22-17(21)16-9-6-10-20(16)19-12-14-7-4-5-8-15(14)13(2)11-18/h4-10,13,19H,3,12H2,1-2H3. The minimum atomic E-state index is -0.362. The number of ether oxygens (including phenoxy) is 1. The summed E-state index contributed by atoms with van der Waals surface area (Å²) in [5.41, 5.74) is 5.64. The Morgan fingerprint density at radius 2 is 2.14 bits per heavy atom. The number of carbonyl (C=O) groups excluding carboxylic acids is 1. The van der Waals surface area contributed by atoms with E-state index in [4.69, 9.17) is 10.00 Å². The number of nitriles is 1. The molecule has 1 heterocycles. The fraction of sp³-hybridized carbons (Fsp3) is 0.294. The predicted octanol–water partition coefficient (Wildman–Crippen LogP) is 3.04. The van der Waals surface area contributed by atoms with E-state index in [1.807, 2.05) is 31.2 Å². The second kappa shape index (κ2) is 7.32. The van der Waals surface area contributed by atoms with Crippen LogP contribution < -0.4 is 5.43 Å². The molecule has 0 radical (unpaired) electrons. The van der Waals surface area contributed by atoms with Gasteiger partial charge in [-0.25, -0.2) is 4.79 Å². The Labute approximate surface area is 130 Å². The molecular weight excluding hydrogens is 278 g/mol. The van der Waals surface area contributed by atoms with Crippen molar-refractivity contribution in [3.63, 3.8) is 0 Å². The number of hydrogen-bond donors (Lipinski definition) is 1. The molecule has 0 aliphatic rings. The molecule has 1 N–H and O–H groups in total. The maximum absolute atomic E-state index is 11.8. The van der Waals surface area contributed by atoms with Crippen molar-refractivity contribution >= 4 is 5.97 Å². The van der Waals surface area contributed by atoms with Crippen LogP contribution in [0.5, 0.6) is 0 Å². The van der Waals surface area contributed by atoms with E-state index in [0.29, 0.717) is 18.8 Å². The molecule has 0 fully saturated rings. The highest BCUT2D eigenvalue weighted by Crippen LogP contribution is 2.19. The summed E-state index contributed by atoms with van der Waals surface area (Å²) in [6.45, 7) is 4.51. The van der Waals surface area contributed by atoms with Gasteiger partial charge >= 0.3 is 5.97 Å². The zero-order valence-electron chi connectivity index (χ0n) is 12.7. The molecule has 2 aromatic rings. The molecule has 0 amide bonds. The van der Waals surface area contributed by atoms with Crippen LogP contribution in [0, 0.1) is 11.3 Å². The summed E-state index contributed by atoms with van der Waals surface area (Å²) in [5, 5.41) is 9.10. The fourth-order valence-electron chi connectivity index (χ4n) is 2.25. The summed E-state index contributed by atoms with van der Waals surface area (Å²) in [4.78, 5) is 11.8.